The third kappa shape index (κ3) is 4.00. The standard InChI is InChI=1S/C18H14BrClN2O3S/c1-24-15-6-3-10(7-16(15)25-2)18-22-14(9-26-18)17(23)21-13-5-4-11(19)8-12(13)20/h3-9H,1-2H3,(H,21,23). The maximum atomic E-state index is 12.4. The number of thiazole rings is 1. The predicted molar refractivity (Wildman–Crippen MR) is 108 cm³/mol. The van der Waals surface area contributed by atoms with E-state index in [1.807, 2.05) is 12.1 Å². The van der Waals surface area contributed by atoms with E-state index in [-0.39, 0.29) is 5.91 Å². The van der Waals surface area contributed by atoms with Crippen LogP contribution < -0.4 is 14.8 Å². The molecule has 0 aliphatic heterocycles. The van der Waals surface area contributed by atoms with Crippen molar-refractivity contribution in [3.63, 3.8) is 0 Å². The van der Waals surface area contributed by atoms with Crippen molar-refractivity contribution in [1.82, 2.24) is 4.98 Å². The third-order valence-electron chi connectivity index (χ3n) is 3.55. The van der Waals surface area contributed by atoms with E-state index >= 15 is 0 Å². The Morgan fingerprint density at radius 2 is 1.92 bits per heavy atom. The zero-order valence-corrected chi connectivity index (χ0v) is 17.0. The Morgan fingerprint density at radius 1 is 1.15 bits per heavy atom. The molecule has 0 bridgehead atoms. The minimum atomic E-state index is -0.322. The number of carbonyl (C=O) groups is 1. The van der Waals surface area contributed by atoms with Crippen LogP contribution in [0.25, 0.3) is 10.6 Å². The van der Waals surface area contributed by atoms with Crippen LogP contribution in [0.5, 0.6) is 11.5 Å². The van der Waals surface area contributed by atoms with Gasteiger partial charge >= 0.3 is 0 Å². The lowest BCUT2D eigenvalue weighted by molar-refractivity contribution is 0.102. The summed E-state index contributed by atoms with van der Waals surface area (Å²) in [5, 5.41) is 5.62. The quantitative estimate of drug-likeness (QED) is 0.554. The van der Waals surface area contributed by atoms with Gasteiger partial charge in [-0.3, -0.25) is 4.79 Å². The molecule has 0 aliphatic rings. The van der Waals surface area contributed by atoms with Gasteiger partial charge in [-0.15, -0.1) is 11.3 Å². The number of rotatable bonds is 5. The number of benzene rings is 2. The van der Waals surface area contributed by atoms with Crippen LogP contribution in [0.4, 0.5) is 5.69 Å². The van der Waals surface area contributed by atoms with Crippen molar-refractivity contribution in [3.8, 4) is 22.1 Å². The summed E-state index contributed by atoms with van der Waals surface area (Å²) in [6, 6.07) is 10.7. The molecule has 0 radical (unpaired) electrons. The Bertz CT molecular complexity index is 961. The second kappa shape index (κ2) is 8.07. The minimum Gasteiger partial charge on any atom is -0.493 e. The van der Waals surface area contributed by atoms with Crippen LogP contribution in [0.1, 0.15) is 10.5 Å². The van der Waals surface area contributed by atoms with Crippen LogP contribution in [0, 0.1) is 0 Å². The molecule has 1 aromatic heterocycles. The molecule has 3 rings (SSSR count). The maximum Gasteiger partial charge on any atom is 0.275 e. The molecule has 0 atom stereocenters. The SMILES string of the molecule is COc1ccc(-c2nc(C(=O)Nc3ccc(Br)cc3Cl)cs2)cc1OC. The third-order valence-corrected chi connectivity index (χ3v) is 5.24. The lowest BCUT2D eigenvalue weighted by Gasteiger charge is -2.08. The Morgan fingerprint density at radius 3 is 2.62 bits per heavy atom. The van der Waals surface area contributed by atoms with Gasteiger partial charge in [0.15, 0.2) is 11.5 Å². The van der Waals surface area contributed by atoms with E-state index in [0.29, 0.717) is 32.9 Å². The van der Waals surface area contributed by atoms with Gasteiger partial charge in [0.25, 0.3) is 5.91 Å². The number of nitrogens with one attached hydrogen (secondary N) is 1. The fraction of sp³-hybridized carbons (Fsp3) is 0.111. The summed E-state index contributed by atoms with van der Waals surface area (Å²) in [5.41, 5.74) is 1.69. The van der Waals surface area contributed by atoms with Gasteiger partial charge < -0.3 is 14.8 Å². The number of nitrogens with zero attached hydrogens (tertiary/aromatic N) is 1. The van der Waals surface area contributed by atoms with Crippen molar-refractivity contribution in [2.75, 3.05) is 19.5 Å². The molecule has 26 heavy (non-hydrogen) atoms. The highest BCUT2D eigenvalue weighted by Crippen LogP contribution is 2.34. The van der Waals surface area contributed by atoms with Crippen molar-refractivity contribution in [2.24, 2.45) is 0 Å². The highest BCUT2D eigenvalue weighted by molar-refractivity contribution is 9.10. The number of carbonyl (C=O) groups excluding carboxylic acids is 1. The van der Waals surface area contributed by atoms with Crippen LogP contribution in [0.15, 0.2) is 46.3 Å². The molecule has 0 saturated carbocycles. The summed E-state index contributed by atoms with van der Waals surface area (Å²) in [5.74, 6) is 0.917. The number of halogens is 2. The van der Waals surface area contributed by atoms with E-state index in [1.54, 1.807) is 43.9 Å². The predicted octanol–water partition coefficient (Wildman–Crippen LogP) is 5.50. The highest BCUT2D eigenvalue weighted by Gasteiger charge is 2.15. The molecule has 5 nitrogen and oxygen atoms in total. The van der Waals surface area contributed by atoms with E-state index < -0.39 is 0 Å². The van der Waals surface area contributed by atoms with Crippen LogP contribution in [-0.4, -0.2) is 25.1 Å². The summed E-state index contributed by atoms with van der Waals surface area (Å²) in [6.07, 6.45) is 0. The molecule has 0 fully saturated rings. The van der Waals surface area contributed by atoms with E-state index in [1.165, 1.54) is 11.3 Å². The van der Waals surface area contributed by atoms with Gasteiger partial charge in [0.05, 0.1) is 24.9 Å². The largest absolute Gasteiger partial charge is 0.493 e. The Hall–Kier alpha value is -2.09. The van der Waals surface area contributed by atoms with Crippen LogP contribution >= 0.6 is 38.9 Å². The number of ether oxygens (including phenoxy) is 2. The second-order valence-electron chi connectivity index (χ2n) is 5.19. The molecular formula is C18H14BrClN2O3S. The fourth-order valence-corrected chi connectivity index (χ4v) is 3.77. The summed E-state index contributed by atoms with van der Waals surface area (Å²) < 4.78 is 11.4. The Balaban J connectivity index is 1.82. The molecule has 0 spiro atoms. The van der Waals surface area contributed by atoms with Gasteiger partial charge in [0.2, 0.25) is 0 Å². The van der Waals surface area contributed by atoms with Gasteiger partial charge in [0, 0.05) is 15.4 Å². The first-order valence-corrected chi connectivity index (χ1v) is 9.51. The number of aromatic nitrogens is 1. The number of methoxy groups -OCH3 is 2. The van der Waals surface area contributed by atoms with Crippen molar-refractivity contribution < 1.29 is 14.3 Å². The zero-order chi connectivity index (χ0) is 18.7. The Kier molecular flexibility index (Phi) is 5.80. The van der Waals surface area contributed by atoms with E-state index in [0.717, 1.165) is 10.0 Å². The summed E-state index contributed by atoms with van der Waals surface area (Å²) in [7, 11) is 3.15. The number of hydrogen-bond donors (Lipinski definition) is 1. The molecule has 0 saturated heterocycles. The molecule has 1 amide bonds. The van der Waals surface area contributed by atoms with Crippen molar-refractivity contribution in [3.05, 3.63) is 57.0 Å². The van der Waals surface area contributed by atoms with Crippen molar-refractivity contribution >= 4 is 50.5 Å². The molecular weight excluding hydrogens is 440 g/mol. The Labute approximate surface area is 168 Å². The van der Waals surface area contributed by atoms with Gasteiger partial charge in [-0.05, 0) is 36.4 Å². The van der Waals surface area contributed by atoms with Gasteiger partial charge in [-0.1, -0.05) is 27.5 Å². The molecule has 3 aromatic rings. The minimum absolute atomic E-state index is 0.318. The molecule has 0 unspecified atom stereocenters. The lowest BCUT2D eigenvalue weighted by Crippen LogP contribution is -2.12. The molecule has 134 valence electrons. The van der Waals surface area contributed by atoms with Gasteiger partial charge in [-0.2, -0.15) is 0 Å². The first-order valence-electron chi connectivity index (χ1n) is 7.46. The van der Waals surface area contributed by atoms with E-state index in [9.17, 15) is 4.79 Å². The summed E-state index contributed by atoms with van der Waals surface area (Å²) in [4.78, 5) is 16.8. The van der Waals surface area contributed by atoms with Gasteiger partial charge in [0.1, 0.15) is 10.7 Å². The lowest BCUT2D eigenvalue weighted by atomic mass is 10.2. The summed E-state index contributed by atoms with van der Waals surface area (Å²) in [6.45, 7) is 0. The van der Waals surface area contributed by atoms with Crippen LogP contribution in [-0.2, 0) is 0 Å². The normalized spacial score (nSPS) is 10.5. The average Bonchev–Trinajstić information content (AvgIpc) is 3.13. The monoisotopic (exact) mass is 452 g/mol. The van der Waals surface area contributed by atoms with E-state index in [2.05, 4.69) is 26.2 Å². The van der Waals surface area contributed by atoms with Crippen molar-refractivity contribution in [1.29, 1.82) is 0 Å². The fourth-order valence-electron chi connectivity index (χ4n) is 2.26. The molecule has 8 heteroatoms. The number of hydrogen-bond acceptors (Lipinski definition) is 5. The molecule has 2 aromatic carbocycles. The average molecular weight is 454 g/mol. The van der Waals surface area contributed by atoms with Crippen molar-refractivity contribution in [2.45, 2.75) is 0 Å². The smallest absolute Gasteiger partial charge is 0.275 e. The first kappa shape index (κ1) is 18.7. The highest BCUT2D eigenvalue weighted by atomic mass is 79.9. The number of amides is 1. The number of anilines is 1. The summed E-state index contributed by atoms with van der Waals surface area (Å²) >= 11 is 10.8. The maximum absolute atomic E-state index is 12.4. The first-order chi connectivity index (χ1) is 12.5. The van der Waals surface area contributed by atoms with Crippen LogP contribution in [0.2, 0.25) is 5.02 Å². The topological polar surface area (TPSA) is 60.5 Å². The van der Waals surface area contributed by atoms with E-state index in [4.69, 9.17) is 21.1 Å². The molecule has 0 aliphatic carbocycles. The zero-order valence-electron chi connectivity index (χ0n) is 13.9. The molecule has 1 heterocycles. The van der Waals surface area contributed by atoms with Crippen LogP contribution in [0.3, 0.4) is 0 Å². The second-order valence-corrected chi connectivity index (χ2v) is 7.37. The molecule has 1 N–H and O–H groups in total. The van der Waals surface area contributed by atoms with Gasteiger partial charge in [-0.25, -0.2) is 4.98 Å².